The number of alkyl halides is 5. The minimum absolute atomic E-state index is 0.0556. The quantitative estimate of drug-likeness (QED) is 0.183. The zero-order valence-electron chi connectivity index (χ0n) is 26.8. The van der Waals surface area contributed by atoms with E-state index >= 15 is 8.78 Å². The first-order chi connectivity index (χ1) is 23.5. The summed E-state index contributed by atoms with van der Waals surface area (Å²) in [5, 5.41) is 9.34. The van der Waals surface area contributed by atoms with Crippen molar-refractivity contribution in [2.75, 3.05) is 35.9 Å². The minimum Gasteiger partial charge on any atom is -0.481 e. The molecular weight excluding hydrogens is 708 g/mol. The van der Waals surface area contributed by atoms with Crippen LogP contribution in [0.25, 0.3) is 21.7 Å². The van der Waals surface area contributed by atoms with Crippen LogP contribution in [0.15, 0.2) is 71.8 Å². The lowest BCUT2D eigenvalue weighted by atomic mass is 9.85. The van der Waals surface area contributed by atoms with Crippen molar-refractivity contribution in [2.45, 2.75) is 50.4 Å². The molecule has 1 atom stereocenters. The molecule has 0 amide bonds. The van der Waals surface area contributed by atoms with Crippen molar-refractivity contribution in [3.63, 3.8) is 0 Å². The Morgan fingerprint density at radius 1 is 1.10 bits per heavy atom. The maximum absolute atomic E-state index is 15.9. The summed E-state index contributed by atoms with van der Waals surface area (Å²) in [7, 11) is -4.49. The third-order valence-corrected chi connectivity index (χ3v) is 10.3. The topological polar surface area (TPSA) is 131 Å². The number of sulfonamides is 1. The van der Waals surface area contributed by atoms with Gasteiger partial charge in [0.05, 0.1) is 16.0 Å². The molecule has 0 aliphatic carbocycles. The van der Waals surface area contributed by atoms with Gasteiger partial charge in [-0.1, -0.05) is 67.1 Å². The number of halogens is 5. The molecule has 2 aromatic carbocycles. The van der Waals surface area contributed by atoms with E-state index in [1.54, 1.807) is 11.8 Å². The van der Waals surface area contributed by atoms with E-state index in [1.165, 1.54) is 54.6 Å². The molecule has 0 saturated heterocycles. The molecule has 5 rings (SSSR count). The third-order valence-electron chi connectivity index (χ3n) is 7.92. The number of carbonyl (C=O) groups is 1. The highest BCUT2D eigenvalue weighted by molar-refractivity contribution is 7.92. The molecule has 2 aromatic heterocycles. The number of fused-ring (bicyclic) bond motifs is 6. The Balaban J connectivity index is 1.65. The molecular formula is C33H33F5N4O6S2. The van der Waals surface area contributed by atoms with E-state index in [9.17, 15) is 31.5 Å². The summed E-state index contributed by atoms with van der Waals surface area (Å²) in [6, 6.07) is 14.4. The van der Waals surface area contributed by atoms with Gasteiger partial charge in [0, 0.05) is 30.8 Å². The van der Waals surface area contributed by atoms with E-state index in [0.29, 0.717) is 24.2 Å². The second kappa shape index (κ2) is 14.5. The molecule has 0 saturated carbocycles. The van der Waals surface area contributed by atoms with Crippen LogP contribution in [0.1, 0.15) is 38.7 Å². The highest BCUT2D eigenvalue weighted by Crippen LogP contribution is 2.45. The molecule has 2 N–H and O–H groups in total. The fraction of sp³-hybridized carbons (Fsp3) is 0.364. The average Bonchev–Trinajstić information content (AvgIpc) is 3.46. The number of rotatable bonds is 7. The Hall–Kier alpha value is -4.35. The van der Waals surface area contributed by atoms with Gasteiger partial charge in [-0.15, -0.1) is 13.2 Å². The first-order valence-corrected chi connectivity index (χ1v) is 17.7. The highest BCUT2D eigenvalue weighted by Gasteiger charge is 2.38. The Morgan fingerprint density at radius 3 is 2.56 bits per heavy atom. The van der Waals surface area contributed by atoms with Crippen LogP contribution < -0.4 is 14.4 Å². The van der Waals surface area contributed by atoms with Gasteiger partial charge in [-0.05, 0) is 49.6 Å². The predicted octanol–water partition coefficient (Wildman–Crippen LogP) is 7.78. The molecule has 0 spiro atoms. The largest absolute Gasteiger partial charge is 0.573 e. The zero-order chi connectivity index (χ0) is 36.3. The van der Waals surface area contributed by atoms with Crippen LogP contribution in [0, 0.1) is 5.41 Å². The number of aliphatic carboxylic acids is 1. The fourth-order valence-electron chi connectivity index (χ4n) is 5.62. The second-order valence-corrected chi connectivity index (χ2v) is 14.5. The SMILES string of the molecule is CCCC(C)(CN1CCCOCC(F)(F)c2ccccc2-c2nc(sc2-c2cccc(OC(F)(F)F)c2)NS(=O)(=O)c2cccc1n2)C(=O)O. The standard InChI is InChI=1S/C33H33F5N4O6S2/c1-3-15-31(2,29(43)44)19-42-16-8-17-47-20-32(34,35)24-12-5-4-11-23(24)27-28(21-9-6-10-22(18-21)48-33(36,37)38)49-30(40-27)41-50(45,46)26-14-7-13-25(42)39-26/h4-7,9-14,18H,3,8,15-17,19-20H2,1-2H3,(H,40,41)(H,43,44). The highest BCUT2D eigenvalue weighted by atomic mass is 32.2. The number of thiazole rings is 1. The number of aromatic nitrogens is 2. The first-order valence-electron chi connectivity index (χ1n) is 15.4. The molecule has 268 valence electrons. The molecule has 0 radical (unpaired) electrons. The molecule has 10 nitrogen and oxygen atoms in total. The van der Waals surface area contributed by atoms with Gasteiger partial charge in [-0.3, -0.25) is 9.52 Å². The normalized spacial score (nSPS) is 17.5. The van der Waals surface area contributed by atoms with Crippen molar-refractivity contribution >= 4 is 38.3 Å². The van der Waals surface area contributed by atoms with Crippen molar-refractivity contribution in [3.8, 4) is 27.4 Å². The number of hydrogen-bond donors (Lipinski definition) is 2. The Labute approximate surface area is 289 Å². The van der Waals surface area contributed by atoms with Crippen molar-refractivity contribution in [1.29, 1.82) is 0 Å². The minimum atomic E-state index is -5.01. The van der Waals surface area contributed by atoms with Gasteiger partial charge in [-0.25, -0.2) is 9.97 Å². The Morgan fingerprint density at radius 2 is 1.84 bits per heavy atom. The van der Waals surface area contributed by atoms with Crippen molar-refractivity contribution in [2.24, 2.45) is 5.41 Å². The number of carboxylic acid groups (broad SMARTS) is 1. The summed E-state index contributed by atoms with van der Waals surface area (Å²) in [5.41, 5.74) is -1.86. The number of nitrogens with zero attached hydrogens (tertiary/aromatic N) is 3. The molecule has 17 heteroatoms. The van der Waals surface area contributed by atoms with E-state index in [4.69, 9.17) is 4.74 Å². The second-order valence-electron chi connectivity index (χ2n) is 11.9. The van der Waals surface area contributed by atoms with Gasteiger partial charge in [0.15, 0.2) is 10.2 Å². The maximum atomic E-state index is 15.9. The number of hydrogen-bond acceptors (Lipinski definition) is 9. The Kier molecular flexibility index (Phi) is 10.7. The lowest BCUT2D eigenvalue weighted by Crippen LogP contribution is -2.42. The molecule has 50 heavy (non-hydrogen) atoms. The third kappa shape index (κ3) is 8.50. The molecule has 1 aliphatic heterocycles. The summed E-state index contributed by atoms with van der Waals surface area (Å²) >= 11 is 0.713. The number of anilines is 2. The number of pyridine rings is 1. The van der Waals surface area contributed by atoms with Crippen LogP contribution in [-0.2, 0) is 25.5 Å². The molecule has 3 heterocycles. The Bertz CT molecular complexity index is 1960. The first kappa shape index (κ1) is 36.9. The molecule has 1 unspecified atom stereocenters. The van der Waals surface area contributed by atoms with E-state index in [0.717, 1.165) is 12.1 Å². The predicted molar refractivity (Wildman–Crippen MR) is 177 cm³/mol. The monoisotopic (exact) mass is 740 g/mol. The van der Waals surface area contributed by atoms with Gasteiger partial charge in [0.25, 0.3) is 15.9 Å². The number of carboxylic acids is 1. The van der Waals surface area contributed by atoms with E-state index < -0.39 is 56.6 Å². The van der Waals surface area contributed by atoms with Crippen LogP contribution in [0.4, 0.5) is 32.9 Å². The van der Waals surface area contributed by atoms with Crippen LogP contribution >= 0.6 is 11.3 Å². The maximum Gasteiger partial charge on any atom is 0.573 e. The zero-order valence-corrected chi connectivity index (χ0v) is 28.5. The van der Waals surface area contributed by atoms with Crippen LogP contribution in [-0.4, -0.2) is 62.1 Å². The van der Waals surface area contributed by atoms with E-state index in [-0.39, 0.29) is 58.8 Å². The van der Waals surface area contributed by atoms with Gasteiger partial charge in [0.2, 0.25) is 0 Å². The fourth-order valence-corrected chi connectivity index (χ4v) is 7.79. The summed E-state index contributed by atoms with van der Waals surface area (Å²) in [5.74, 6) is -5.08. The summed E-state index contributed by atoms with van der Waals surface area (Å²) < 4.78 is 110. The van der Waals surface area contributed by atoms with Gasteiger partial charge >= 0.3 is 12.3 Å². The molecule has 0 fully saturated rings. The average molecular weight is 741 g/mol. The van der Waals surface area contributed by atoms with Crippen molar-refractivity contribution < 1.29 is 49.7 Å². The molecule has 4 aromatic rings. The van der Waals surface area contributed by atoms with E-state index in [2.05, 4.69) is 19.4 Å². The van der Waals surface area contributed by atoms with Gasteiger partial charge in [0.1, 0.15) is 18.2 Å². The smallest absolute Gasteiger partial charge is 0.481 e. The molecule has 4 bridgehead atoms. The lowest BCUT2D eigenvalue weighted by molar-refractivity contribution is -0.274. The number of benzene rings is 2. The summed E-state index contributed by atoms with van der Waals surface area (Å²) in [6.07, 6.45) is -3.97. The van der Waals surface area contributed by atoms with Crippen molar-refractivity contribution in [3.05, 3.63) is 72.3 Å². The molecule has 1 aliphatic rings. The van der Waals surface area contributed by atoms with Gasteiger partial charge in [-0.2, -0.15) is 17.2 Å². The van der Waals surface area contributed by atoms with E-state index in [1.807, 2.05) is 6.92 Å². The number of nitrogens with one attached hydrogen (secondary N) is 1. The van der Waals surface area contributed by atoms with Crippen molar-refractivity contribution in [1.82, 2.24) is 9.97 Å². The summed E-state index contributed by atoms with van der Waals surface area (Å²) in [6.45, 7) is 2.29. The lowest BCUT2D eigenvalue weighted by Gasteiger charge is -2.33. The van der Waals surface area contributed by atoms with Gasteiger partial charge < -0.3 is 19.5 Å². The van der Waals surface area contributed by atoms with Crippen LogP contribution in [0.3, 0.4) is 0 Å². The van der Waals surface area contributed by atoms with Crippen LogP contribution in [0.5, 0.6) is 5.75 Å². The summed E-state index contributed by atoms with van der Waals surface area (Å²) in [4.78, 5) is 22.7. The van der Waals surface area contributed by atoms with Crippen LogP contribution in [0.2, 0.25) is 0 Å². The number of ether oxygens (including phenoxy) is 2.